The minimum absolute atomic E-state index is 0.471. The summed E-state index contributed by atoms with van der Waals surface area (Å²) in [4.78, 5) is 1.12. The highest BCUT2D eigenvalue weighted by Gasteiger charge is 2.10. The molecule has 0 saturated heterocycles. The monoisotopic (exact) mass is 328 g/mol. The Morgan fingerprint density at radius 3 is 2.53 bits per heavy atom. The van der Waals surface area contributed by atoms with Gasteiger partial charge in [0, 0.05) is 9.37 Å². The maximum Gasteiger partial charge on any atom is 0.154 e. The summed E-state index contributed by atoms with van der Waals surface area (Å²) in [6.45, 7) is 3.96. The van der Waals surface area contributed by atoms with Crippen LogP contribution in [0.4, 0.5) is 0 Å². The van der Waals surface area contributed by atoms with Crippen LogP contribution in [0.3, 0.4) is 0 Å². The molecule has 5 heteroatoms. The number of nitrogens with zero attached hydrogens (tertiary/aromatic N) is 2. The van der Waals surface area contributed by atoms with Crippen molar-refractivity contribution in [1.82, 2.24) is 10.2 Å². The van der Waals surface area contributed by atoms with Gasteiger partial charge in [0.1, 0.15) is 5.03 Å². The van der Waals surface area contributed by atoms with Gasteiger partial charge in [0.2, 0.25) is 0 Å². The Kier molecular flexibility index (Phi) is 4.07. The van der Waals surface area contributed by atoms with Gasteiger partial charge >= 0.3 is 0 Å². The maximum atomic E-state index is 5.93. The van der Waals surface area contributed by atoms with Crippen molar-refractivity contribution in [3.63, 3.8) is 0 Å². The summed E-state index contributed by atoms with van der Waals surface area (Å²) < 4.78 is 1.05. The molecule has 0 aliphatic rings. The third-order valence-electron chi connectivity index (χ3n) is 2.46. The smallest absolute Gasteiger partial charge is 0.142 e. The first-order chi connectivity index (χ1) is 8.09. The van der Waals surface area contributed by atoms with E-state index in [9.17, 15) is 0 Å². The summed E-state index contributed by atoms with van der Waals surface area (Å²) in [5.41, 5.74) is 2.06. The van der Waals surface area contributed by atoms with E-state index in [-0.39, 0.29) is 0 Å². The molecular formula is C12H10BrClN2S. The fourth-order valence-electron chi connectivity index (χ4n) is 1.28. The molecule has 1 aromatic carbocycles. The van der Waals surface area contributed by atoms with Crippen LogP contribution >= 0.6 is 39.3 Å². The number of rotatable bonds is 2. The van der Waals surface area contributed by atoms with Crippen LogP contribution in [0.2, 0.25) is 5.15 Å². The van der Waals surface area contributed by atoms with E-state index in [1.165, 1.54) is 0 Å². The molecule has 0 radical (unpaired) electrons. The van der Waals surface area contributed by atoms with E-state index < -0.39 is 0 Å². The van der Waals surface area contributed by atoms with Crippen LogP contribution in [-0.4, -0.2) is 10.2 Å². The van der Waals surface area contributed by atoms with Crippen molar-refractivity contribution in [2.75, 3.05) is 0 Å². The topological polar surface area (TPSA) is 25.8 Å². The van der Waals surface area contributed by atoms with Crippen molar-refractivity contribution in [1.29, 1.82) is 0 Å². The van der Waals surface area contributed by atoms with Gasteiger partial charge in [0.25, 0.3) is 0 Å². The van der Waals surface area contributed by atoms with E-state index >= 15 is 0 Å². The molecule has 2 rings (SSSR count). The number of halogens is 2. The Balaban J connectivity index is 2.38. The molecule has 88 valence electrons. The van der Waals surface area contributed by atoms with Crippen molar-refractivity contribution >= 4 is 39.3 Å². The first-order valence-electron chi connectivity index (χ1n) is 5.01. The molecule has 1 aromatic heterocycles. The standard InChI is InChI=1S/C12H10BrClN2S/c1-7-8(2)12(16-15-11(7)14)17-10-6-4-3-5-9(10)13/h3-6H,1-2H3. The lowest BCUT2D eigenvalue weighted by Gasteiger charge is -2.08. The number of aromatic nitrogens is 2. The van der Waals surface area contributed by atoms with E-state index in [0.717, 1.165) is 25.5 Å². The summed E-state index contributed by atoms with van der Waals surface area (Å²) in [7, 11) is 0. The van der Waals surface area contributed by atoms with E-state index in [0.29, 0.717) is 5.15 Å². The fourth-order valence-corrected chi connectivity index (χ4v) is 2.90. The van der Waals surface area contributed by atoms with Gasteiger partial charge in [0.15, 0.2) is 5.15 Å². The van der Waals surface area contributed by atoms with Crippen LogP contribution in [0, 0.1) is 13.8 Å². The molecular weight excluding hydrogens is 320 g/mol. The van der Waals surface area contributed by atoms with Crippen molar-refractivity contribution in [3.8, 4) is 0 Å². The molecule has 0 atom stereocenters. The van der Waals surface area contributed by atoms with Crippen molar-refractivity contribution in [3.05, 3.63) is 45.0 Å². The van der Waals surface area contributed by atoms with Crippen LogP contribution in [0.1, 0.15) is 11.1 Å². The summed E-state index contributed by atoms with van der Waals surface area (Å²) in [6, 6.07) is 8.03. The third-order valence-corrected chi connectivity index (χ3v) is 4.93. The summed E-state index contributed by atoms with van der Waals surface area (Å²) in [5.74, 6) is 0. The van der Waals surface area contributed by atoms with E-state index in [1.54, 1.807) is 11.8 Å². The minimum Gasteiger partial charge on any atom is -0.142 e. The molecule has 2 nitrogen and oxygen atoms in total. The highest BCUT2D eigenvalue weighted by molar-refractivity contribution is 9.10. The van der Waals surface area contributed by atoms with Gasteiger partial charge in [-0.25, -0.2) is 0 Å². The molecule has 0 saturated carbocycles. The summed E-state index contributed by atoms with van der Waals surface area (Å²) in [5, 5.41) is 9.44. The molecule has 0 aliphatic carbocycles. The zero-order valence-electron chi connectivity index (χ0n) is 9.37. The largest absolute Gasteiger partial charge is 0.154 e. The molecule has 0 spiro atoms. The van der Waals surface area contributed by atoms with Crippen LogP contribution in [-0.2, 0) is 0 Å². The second-order valence-corrected chi connectivity index (χ2v) is 5.82. The molecule has 0 bridgehead atoms. The normalized spacial score (nSPS) is 10.6. The average molecular weight is 330 g/mol. The molecule has 1 heterocycles. The molecule has 0 amide bonds. The second-order valence-electron chi connectivity index (χ2n) is 3.58. The Morgan fingerprint density at radius 1 is 1.12 bits per heavy atom. The Bertz CT molecular complexity index is 560. The molecule has 0 fully saturated rings. The molecule has 17 heavy (non-hydrogen) atoms. The van der Waals surface area contributed by atoms with Gasteiger partial charge in [-0.2, -0.15) is 0 Å². The van der Waals surface area contributed by atoms with Crippen LogP contribution in [0.5, 0.6) is 0 Å². The average Bonchev–Trinajstić information content (AvgIpc) is 2.32. The lowest BCUT2D eigenvalue weighted by atomic mass is 10.2. The first kappa shape index (κ1) is 12.9. The molecule has 2 aromatic rings. The van der Waals surface area contributed by atoms with Gasteiger partial charge in [-0.05, 0) is 53.0 Å². The van der Waals surface area contributed by atoms with Crippen LogP contribution in [0.15, 0.2) is 38.7 Å². The minimum atomic E-state index is 0.471. The summed E-state index contributed by atoms with van der Waals surface area (Å²) >= 11 is 11.0. The molecule has 0 aliphatic heterocycles. The fraction of sp³-hybridized carbons (Fsp3) is 0.167. The van der Waals surface area contributed by atoms with Gasteiger partial charge in [0.05, 0.1) is 0 Å². The van der Waals surface area contributed by atoms with Crippen molar-refractivity contribution in [2.24, 2.45) is 0 Å². The Hall–Kier alpha value is -0.580. The van der Waals surface area contributed by atoms with E-state index in [2.05, 4.69) is 26.1 Å². The number of benzene rings is 1. The van der Waals surface area contributed by atoms with Gasteiger partial charge in [-0.15, -0.1) is 10.2 Å². The lowest BCUT2D eigenvalue weighted by Crippen LogP contribution is -1.95. The van der Waals surface area contributed by atoms with E-state index in [1.807, 2.05) is 38.1 Å². The first-order valence-corrected chi connectivity index (χ1v) is 7.00. The highest BCUT2D eigenvalue weighted by atomic mass is 79.9. The molecule has 0 N–H and O–H groups in total. The Labute approximate surface area is 118 Å². The lowest BCUT2D eigenvalue weighted by molar-refractivity contribution is 0.891. The zero-order chi connectivity index (χ0) is 12.4. The van der Waals surface area contributed by atoms with Crippen LogP contribution in [0.25, 0.3) is 0 Å². The maximum absolute atomic E-state index is 5.93. The Morgan fingerprint density at radius 2 is 1.82 bits per heavy atom. The molecule has 0 unspecified atom stereocenters. The van der Waals surface area contributed by atoms with Crippen LogP contribution < -0.4 is 0 Å². The third kappa shape index (κ3) is 2.81. The van der Waals surface area contributed by atoms with Crippen molar-refractivity contribution < 1.29 is 0 Å². The zero-order valence-corrected chi connectivity index (χ0v) is 12.5. The SMILES string of the molecule is Cc1c(Cl)nnc(Sc2ccccc2Br)c1C. The number of hydrogen-bond donors (Lipinski definition) is 0. The quantitative estimate of drug-likeness (QED) is 0.801. The van der Waals surface area contributed by atoms with Crippen molar-refractivity contribution in [2.45, 2.75) is 23.8 Å². The van der Waals surface area contributed by atoms with Gasteiger partial charge < -0.3 is 0 Å². The van der Waals surface area contributed by atoms with Gasteiger partial charge in [-0.3, -0.25) is 0 Å². The van der Waals surface area contributed by atoms with Gasteiger partial charge in [-0.1, -0.05) is 35.5 Å². The highest BCUT2D eigenvalue weighted by Crippen LogP contribution is 2.34. The number of hydrogen-bond acceptors (Lipinski definition) is 3. The second kappa shape index (κ2) is 5.38. The summed E-state index contributed by atoms with van der Waals surface area (Å²) in [6.07, 6.45) is 0. The van der Waals surface area contributed by atoms with E-state index in [4.69, 9.17) is 11.6 Å². The predicted octanol–water partition coefficient (Wildman–Crippen LogP) is 4.66. The predicted molar refractivity (Wildman–Crippen MR) is 74.8 cm³/mol.